The molecule has 90 valence electrons. The molecule has 1 N–H and O–H groups in total. The highest BCUT2D eigenvalue weighted by molar-refractivity contribution is 7.14. The van der Waals surface area contributed by atoms with Crippen LogP contribution in [0.15, 0.2) is 6.07 Å². The van der Waals surface area contributed by atoms with Crippen LogP contribution in [0.1, 0.15) is 27.9 Å². The molecule has 16 heavy (non-hydrogen) atoms. The van der Waals surface area contributed by atoms with Crippen molar-refractivity contribution in [2.75, 3.05) is 20.3 Å². The zero-order valence-electron chi connectivity index (χ0n) is 9.49. The quantitative estimate of drug-likeness (QED) is 0.748. The summed E-state index contributed by atoms with van der Waals surface area (Å²) in [5.74, 6) is -0.447. The molecule has 4 nitrogen and oxygen atoms in total. The first kappa shape index (κ1) is 13.0. The van der Waals surface area contributed by atoms with E-state index in [0.29, 0.717) is 19.0 Å². The zero-order valence-corrected chi connectivity index (χ0v) is 10.3. The fourth-order valence-corrected chi connectivity index (χ4v) is 2.12. The lowest BCUT2D eigenvalue weighted by molar-refractivity contribution is 0.0697. The third-order valence-electron chi connectivity index (χ3n) is 2.04. The predicted molar refractivity (Wildman–Crippen MR) is 62.6 cm³/mol. The van der Waals surface area contributed by atoms with Crippen molar-refractivity contribution in [3.63, 3.8) is 0 Å². The average Bonchev–Trinajstić information content (AvgIpc) is 2.68. The van der Waals surface area contributed by atoms with Crippen LogP contribution in [-0.4, -0.2) is 31.4 Å². The van der Waals surface area contributed by atoms with Crippen LogP contribution in [0.4, 0.5) is 0 Å². The Morgan fingerprint density at radius 1 is 1.50 bits per heavy atom. The minimum atomic E-state index is -0.925. The molecule has 0 aliphatic heterocycles. The number of carboxylic acid groups (broad SMARTS) is 1. The number of aromatic carboxylic acids is 1. The van der Waals surface area contributed by atoms with E-state index in [0.717, 1.165) is 17.7 Å². The van der Waals surface area contributed by atoms with Crippen molar-refractivity contribution in [2.45, 2.75) is 19.8 Å². The molecular weight excluding hydrogens is 228 g/mol. The van der Waals surface area contributed by atoms with E-state index in [4.69, 9.17) is 14.6 Å². The van der Waals surface area contributed by atoms with Gasteiger partial charge in [-0.05, 0) is 12.5 Å². The van der Waals surface area contributed by atoms with Gasteiger partial charge in [-0.25, -0.2) is 4.79 Å². The van der Waals surface area contributed by atoms with Crippen molar-refractivity contribution in [1.29, 1.82) is 0 Å². The van der Waals surface area contributed by atoms with Gasteiger partial charge in [0.05, 0.1) is 6.61 Å². The van der Waals surface area contributed by atoms with Gasteiger partial charge in [0.2, 0.25) is 0 Å². The first-order chi connectivity index (χ1) is 7.69. The molecular formula is C11H16O4S. The summed E-state index contributed by atoms with van der Waals surface area (Å²) in [5.41, 5.74) is 0. The fourth-order valence-electron chi connectivity index (χ4n) is 1.24. The van der Waals surface area contributed by atoms with Crippen molar-refractivity contribution < 1.29 is 19.4 Å². The maximum atomic E-state index is 10.9. The Hall–Kier alpha value is -1.07. The molecule has 0 saturated carbocycles. The van der Waals surface area contributed by atoms with Gasteiger partial charge in [-0.2, -0.15) is 0 Å². The number of ether oxygens (including phenoxy) is 2. The maximum Gasteiger partial charge on any atom is 0.349 e. The molecule has 0 saturated heterocycles. The third kappa shape index (κ3) is 3.50. The Labute approximate surface area is 98.8 Å². The van der Waals surface area contributed by atoms with E-state index in [1.807, 2.05) is 6.92 Å². The Kier molecular flexibility index (Phi) is 5.28. The second-order valence-electron chi connectivity index (χ2n) is 3.26. The molecule has 5 heteroatoms. The molecule has 0 unspecified atom stereocenters. The van der Waals surface area contributed by atoms with Gasteiger partial charge in [0.1, 0.15) is 5.75 Å². The van der Waals surface area contributed by atoms with Crippen molar-refractivity contribution in [3.05, 3.63) is 15.8 Å². The number of hydrogen-bond donors (Lipinski definition) is 1. The third-order valence-corrected chi connectivity index (χ3v) is 3.29. The van der Waals surface area contributed by atoms with Crippen LogP contribution >= 0.6 is 11.3 Å². The number of thiophene rings is 1. The lowest BCUT2D eigenvalue weighted by atomic mass is 10.3. The molecule has 1 aromatic rings. The Balaban J connectivity index is 2.62. The molecule has 0 radical (unpaired) electrons. The summed E-state index contributed by atoms with van der Waals surface area (Å²) in [6.07, 6.45) is 1.58. The highest BCUT2D eigenvalue weighted by Crippen LogP contribution is 2.29. The summed E-state index contributed by atoms with van der Waals surface area (Å²) in [6, 6.07) is 1.81. The van der Waals surface area contributed by atoms with E-state index in [-0.39, 0.29) is 4.88 Å². The molecule has 0 spiro atoms. The molecule has 0 aliphatic carbocycles. The van der Waals surface area contributed by atoms with Crippen molar-refractivity contribution in [1.82, 2.24) is 0 Å². The molecule has 1 heterocycles. The molecule has 0 amide bonds. The average molecular weight is 244 g/mol. The van der Waals surface area contributed by atoms with Crippen molar-refractivity contribution in [2.24, 2.45) is 0 Å². The SMILES string of the molecule is CCc1cc(OCCCOC)c(C(=O)O)s1. The van der Waals surface area contributed by atoms with Gasteiger partial charge in [0, 0.05) is 25.0 Å². The Morgan fingerprint density at radius 3 is 2.81 bits per heavy atom. The molecule has 1 rings (SSSR count). The van der Waals surface area contributed by atoms with Gasteiger partial charge in [-0.3, -0.25) is 0 Å². The Morgan fingerprint density at radius 2 is 2.25 bits per heavy atom. The Bertz CT molecular complexity index is 346. The fraction of sp³-hybridized carbons (Fsp3) is 0.545. The van der Waals surface area contributed by atoms with Gasteiger partial charge < -0.3 is 14.6 Å². The van der Waals surface area contributed by atoms with E-state index in [1.165, 1.54) is 11.3 Å². The molecule has 0 aliphatic rings. The van der Waals surface area contributed by atoms with Crippen LogP contribution in [0.2, 0.25) is 0 Å². The summed E-state index contributed by atoms with van der Waals surface area (Å²) in [6.45, 7) is 3.09. The standard InChI is InChI=1S/C11H16O4S/c1-3-8-7-9(10(16-8)11(12)13)15-6-4-5-14-2/h7H,3-6H2,1-2H3,(H,12,13). The summed E-state index contributed by atoms with van der Waals surface area (Å²) >= 11 is 1.28. The lowest BCUT2D eigenvalue weighted by Gasteiger charge is -2.04. The maximum absolute atomic E-state index is 10.9. The van der Waals surface area contributed by atoms with Crippen LogP contribution in [-0.2, 0) is 11.2 Å². The molecule has 0 bridgehead atoms. The van der Waals surface area contributed by atoms with E-state index in [9.17, 15) is 4.79 Å². The summed E-state index contributed by atoms with van der Waals surface area (Å²) in [7, 11) is 1.63. The van der Waals surface area contributed by atoms with Gasteiger partial charge in [-0.15, -0.1) is 11.3 Å². The second kappa shape index (κ2) is 6.50. The topological polar surface area (TPSA) is 55.8 Å². The van der Waals surface area contributed by atoms with Gasteiger partial charge >= 0.3 is 5.97 Å². The van der Waals surface area contributed by atoms with Gasteiger partial charge in [-0.1, -0.05) is 6.92 Å². The van der Waals surface area contributed by atoms with E-state index in [2.05, 4.69) is 0 Å². The van der Waals surface area contributed by atoms with Gasteiger partial charge in [0.25, 0.3) is 0 Å². The predicted octanol–water partition coefficient (Wildman–Crippen LogP) is 2.42. The smallest absolute Gasteiger partial charge is 0.349 e. The number of rotatable bonds is 7. The minimum Gasteiger partial charge on any atom is -0.492 e. The largest absolute Gasteiger partial charge is 0.492 e. The molecule has 0 atom stereocenters. The van der Waals surface area contributed by atoms with Crippen LogP contribution in [0.25, 0.3) is 0 Å². The number of hydrogen-bond acceptors (Lipinski definition) is 4. The zero-order chi connectivity index (χ0) is 12.0. The highest BCUT2D eigenvalue weighted by atomic mass is 32.1. The summed E-state index contributed by atoms with van der Waals surface area (Å²) in [5, 5.41) is 8.98. The van der Waals surface area contributed by atoms with Crippen LogP contribution in [0.3, 0.4) is 0 Å². The molecule has 0 aromatic carbocycles. The van der Waals surface area contributed by atoms with Crippen molar-refractivity contribution >= 4 is 17.3 Å². The molecule has 0 fully saturated rings. The van der Waals surface area contributed by atoms with E-state index in [1.54, 1.807) is 13.2 Å². The number of carboxylic acids is 1. The first-order valence-electron chi connectivity index (χ1n) is 5.16. The molecule has 1 aromatic heterocycles. The minimum absolute atomic E-state index is 0.286. The second-order valence-corrected chi connectivity index (χ2v) is 4.40. The number of methoxy groups -OCH3 is 1. The van der Waals surface area contributed by atoms with E-state index < -0.39 is 5.97 Å². The van der Waals surface area contributed by atoms with E-state index >= 15 is 0 Å². The number of carbonyl (C=O) groups is 1. The summed E-state index contributed by atoms with van der Waals surface area (Å²) in [4.78, 5) is 12.3. The highest BCUT2D eigenvalue weighted by Gasteiger charge is 2.15. The van der Waals surface area contributed by atoms with Crippen LogP contribution in [0.5, 0.6) is 5.75 Å². The normalized spacial score (nSPS) is 10.4. The van der Waals surface area contributed by atoms with Gasteiger partial charge in [0.15, 0.2) is 4.88 Å². The first-order valence-corrected chi connectivity index (χ1v) is 5.98. The lowest BCUT2D eigenvalue weighted by Crippen LogP contribution is -2.03. The summed E-state index contributed by atoms with van der Waals surface area (Å²) < 4.78 is 10.3. The number of aryl methyl sites for hydroxylation is 1. The monoisotopic (exact) mass is 244 g/mol. The van der Waals surface area contributed by atoms with Crippen molar-refractivity contribution in [3.8, 4) is 5.75 Å². The van der Waals surface area contributed by atoms with Crippen LogP contribution < -0.4 is 4.74 Å². The van der Waals surface area contributed by atoms with Crippen LogP contribution in [0, 0.1) is 0 Å².